The Bertz CT molecular complexity index is 391. The summed E-state index contributed by atoms with van der Waals surface area (Å²) in [6.07, 6.45) is 3.97. The average Bonchev–Trinajstić information content (AvgIpc) is 2.95. The van der Waals surface area contributed by atoms with Crippen LogP contribution in [-0.4, -0.2) is 40.6 Å². The molecule has 5 heteroatoms. The molecular weight excluding hydrogens is 240 g/mol. The Morgan fingerprint density at radius 2 is 2.32 bits per heavy atom. The molecule has 0 radical (unpaired) electrons. The number of nitrogens with one attached hydrogen (secondary N) is 1. The van der Waals surface area contributed by atoms with Crippen LogP contribution in [0.2, 0.25) is 0 Å². The smallest absolute Gasteiger partial charge is 0.138 e. The normalized spacial score (nSPS) is 25.1. The summed E-state index contributed by atoms with van der Waals surface area (Å²) < 4.78 is 7.89. The lowest BCUT2D eigenvalue weighted by Crippen LogP contribution is -2.42. The Morgan fingerprint density at radius 1 is 1.53 bits per heavy atom. The SMILES string of the molecule is CNC(Cc1ncnn1CC(C)C)C1OCCC1C. The lowest BCUT2D eigenvalue weighted by molar-refractivity contribution is 0.0624. The van der Waals surface area contributed by atoms with Crippen molar-refractivity contribution >= 4 is 0 Å². The number of hydrogen-bond donors (Lipinski definition) is 1. The first-order chi connectivity index (χ1) is 9.11. The maximum atomic E-state index is 5.87. The molecule has 1 aromatic rings. The van der Waals surface area contributed by atoms with E-state index in [2.05, 4.69) is 36.2 Å². The number of rotatable bonds is 6. The van der Waals surface area contributed by atoms with Crippen molar-refractivity contribution in [1.29, 1.82) is 0 Å². The summed E-state index contributed by atoms with van der Waals surface area (Å²) in [6.45, 7) is 8.46. The topological polar surface area (TPSA) is 52.0 Å². The zero-order chi connectivity index (χ0) is 13.8. The third kappa shape index (κ3) is 3.54. The Hall–Kier alpha value is -0.940. The van der Waals surface area contributed by atoms with Gasteiger partial charge in [-0.2, -0.15) is 5.10 Å². The highest BCUT2D eigenvalue weighted by atomic mass is 16.5. The first kappa shape index (κ1) is 14.5. The van der Waals surface area contributed by atoms with Crippen LogP contribution in [0.5, 0.6) is 0 Å². The van der Waals surface area contributed by atoms with Gasteiger partial charge < -0.3 is 10.1 Å². The summed E-state index contributed by atoms with van der Waals surface area (Å²) >= 11 is 0. The number of likely N-dealkylation sites (N-methyl/N-ethyl adjacent to an activating group) is 1. The zero-order valence-electron chi connectivity index (χ0n) is 12.5. The molecule has 3 unspecified atom stereocenters. The van der Waals surface area contributed by atoms with Crippen LogP contribution in [-0.2, 0) is 17.7 Å². The molecule has 0 amide bonds. The van der Waals surface area contributed by atoms with Crippen molar-refractivity contribution < 1.29 is 4.74 Å². The van der Waals surface area contributed by atoms with Crippen molar-refractivity contribution in [1.82, 2.24) is 20.1 Å². The van der Waals surface area contributed by atoms with Crippen molar-refractivity contribution in [2.75, 3.05) is 13.7 Å². The van der Waals surface area contributed by atoms with E-state index < -0.39 is 0 Å². The van der Waals surface area contributed by atoms with Crippen molar-refractivity contribution in [2.45, 2.75) is 52.3 Å². The van der Waals surface area contributed by atoms with Gasteiger partial charge in [-0.25, -0.2) is 9.67 Å². The van der Waals surface area contributed by atoms with E-state index in [1.165, 1.54) is 0 Å². The largest absolute Gasteiger partial charge is 0.376 e. The second-order valence-electron chi connectivity index (χ2n) is 5.95. The highest BCUT2D eigenvalue weighted by molar-refractivity contribution is 4.95. The van der Waals surface area contributed by atoms with Crippen LogP contribution in [0.3, 0.4) is 0 Å². The Labute approximate surface area is 115 Å². The predicted molar refractivity (Wildman–Crippen MR) is 74.9 cm³/mol. The fourth-order valence-electron chi connectivity index (χ4n) is 2.76. The lowest BCUT2D eigenvalue weighted by Gasteiger charge is -2.25. The molecule has 1 aliphatic rings. The zero-order valence-corrected chi connectivity index (χ0v) is 12.5. The van der Waals surface area contributed by atoms with Crippen LogP contribution in [0, 0.1) is 11.8 Å². The van der Waals surface area contributed by atoms with Crippen LogP contribution in [0.4, 0.5) is 0 Å². The molecule has 1 fully saturated rings. The van der Waals surface area contributed by atoms with Crippen molar-refractivity contribution in [3.8, 4) is 0 Å². The van der Waals surface area contributed by atoms with Crippen LogP contribution >= 0.6 is 0 Å². The van der Waals surface area contributed by atoms with E-state index in [-0.39, 0.29) is 6.10 Å². The number of hydrogen-bond acceptors (Lipinski definition) is 4. The van der Waals surface area contributed by atoms with Gasteiger partial charge in [-0.1, -0.05) is 20.8 Å². The van der Waals surface area contributed by atoms with Crippen LogP contribution in [0.25, 0.3) is 0 Å². The first-order valence-electron chi connectivity index (χ1n) is 7.27. The Balaban J connectivity index is 2.03. The van der Waals surface area contributed by atoms with Crippen LogP contribution in [0.1, 0.15) is 33.0 Å². The van der Waals surface area contributed by atoms with Gasteiger partial charge in [-0.05, 0) is 25.3 Å². The summed E-state index contributed by atoms with van der Waals surface area (Å²) in [7, 11) is 2.00. The van der Waals surface area contributed by atoms with Gasteiger partial charge in [0.1, 0.15) is 12.2 Å². The molecule has 0 aliphatic carbocycles. The third-order valence-electron chi connectivity index (χ3n) is 3.85. The molecule has 1 aliphatic heterocycles. The van der Waals surface area contributed by atoms with Gasteiger partial charge in [0.05, 0.1) is 6.10 Å². The van der Waals surface area contributed by atoms with Crippen molar-refractivity contribution in [2.24, 2.45) is 11.8 Å². The fourth-order valence-corrected chi connectivity index (χ4v) is 2.76. The first-order valence-corrected chi connectivity index (χ1v) is 7.27. The average molecular weight is 266 g/mol. The Kier molecular flexibility index (Phi) is 4.93. The van der Waals surface area contributed by atoms with Gasteiger partial charge in [-0.3, -0.25) is 0 Å². The molecule has 2 heterocycles. The molecule has 0 bridgehead atoms. The number of aromatic nitrogens is 3. The number of nitrogens with zero attached hydrogens (tertiary/aromatic N) is 3. The maximum absolute atomic E-state index is 5.87. The monoisotopic (exact) mass is 266 g/mol. The quantitative estimate of drug-likeness (QED) is 0.847. The number of ether oxygens (including phenoxy) is 1. The van der Waals surface area contributed by atoms with E-state index in [1.54, 1.807) is 6.33 Å². The second-order valence-corrected chi connectivity index (χ2v) is 5.95. The molecule has 1 N–H and O–H groups in total. The molecule has 19 heavy (non-hydrogen) atoms. The van der Waals surface area contributed by atoms with Gasteiger partial charge >= 0.3 is 0 Å². The van der Waals surface area contributed by atoms with Crippen molar-refractivity contribution in [3.05, 3.63) is 12.2 Å². The van der Waals surface area contributed by atoms with Crippen LogP contribution < -0.4 is 5.32 Å². The molecule has 1 aromatic heterocycles. The molecule has 0 spiro atoms. The summed E-state index contributed by atoms with van der Waals surface area (Å²) in [5, 5.41) is 7.71. The second kappa shape index (κ2) is 6.48. The minimum absolute atomic E-state index is 0.286. The van der Waals surface area contributed by atoms with Crippen molar-refractivity contribution in [3.63, 3.8) is 0 Å². The molecule has 108 valence electrons. The molecule has 0 aromatic carbocycles. The lowest BCUT2D eigenvalue weighted by atomic mass is 9.95. The van der Waals surface area contributed by atoms with Gasteiger partial charge in [0.25, 0.3) is 0 Å². The maximum Gasteiger partial charge on any atom is 0.138 e. The minimum Gasteiger partial charge on any atom is -0.376 e. The molecule has 1 saturated heterocycles. The van der Waals surface area contributed by atoms with Gasteiger partial charge in [-0.15, -0.1) is 0 Å². The van der Waals surface area contributed by atoms with Gasteiger partial charge in [0.15, 0.2) is 0 Å². The predicted octanol–water partition coefficient (Wildman–Crippen LogP) is 1.49. The fraction of sp³-hybridized carbons (Fsp3) is 0.857. The molecule has 0 saturated carbocycles. The van der Waals surface area contributed by atoms with E-state index in [4.69, 9.17) is 4.74 Å². The van der Waals surface area contributed by atoms with E-state index >= 15 is 0 Å². The summed E-state index contributed by atoms with van der Waals surface area (Å²) in [5.74, 6) is 2.24. The van der Waals surface area contributed by atoms with E-state index in [0.29, 0.717) is 17.9 Å². The van der Waals surface area contributed by atoms with Crippen LogP contribution in [0.15, 0.2) is 6.33 Å². The standard InChI is InChI=1S/C14H26N4O/c1-10(2)8-18-13(16-9-17-18)7-12(15-4)14-11(3)5-6-19-14/h9-12,14-15H,5-8H2,1-4H3. The summed E-state index contributed by atoms with van der Waals surface area (Å²) in [6, 6.07) is 0.313. The van der Waals surface area contributed by atoms with E-state index in [9.17, 15) is 0 Å². The van der Waals surface area contributed by atoms with E-state index in [1.807, 2.05) is 11.7 Å². The van der Waals surface area contributed by atoms with Gasteiger partial charge in [0.2, 0.25) is 0 Å². The minimum atomic E-state index is 0.286. The molecule has 2 rings (SSSR count). The highest BCUT2D eigenvalue weighted by Gasteiger charge is 2.32. The Morgan fingerprint density at radius 3 is 2.89 bits per heavy atom. The highest BCUT2D eigenvalue weighted by Crippen LogP contribution is 2.24. The van der Waals surface area contributed by atoms with E-state index in [0.717, 1.165) is 31.8 Å². The van der Waals surface area contributed by atoms with Gasteiger partial charge in [0, 0.05) is 25.6 Å². The molecule has 5 nitrogen and oxygen atoms in total. The molecule has 3 atom stereocenters. The summed E-state index contributed by atoms with van der Waals surface area (Å²) in [5.41, 5.74) is 0. The molecular formula is C14H26N4O. The summed E-state index contributed by atoms with van der Waals surface area (Å²) in [4.78, 5) is 4.41. The third-order valence-corrected chi connectivity index (χ3v) is 3.85.